The Labute approximate surface area is 173 Å². The van der Waals surface area contributed by atoms with E-state index in [9.17, 15) is 9.59 Å². The summed E-state index contributed by atoms with van der Waals surface area (Å²) in [5.41, 5.74) is 2.50. The molecule has 3 aromatic carbocycles. The molecule has 0 aliphatic rings. The number of nitrogens with zero attached hydrogens (tertiary/aromatic N) is 2. The van der Waals surface area contributed by atoms with Crippen LogP contribution < -0.4 is 15.6 Å². The SMILES string of the molecule is CCn1nc(C(=O)Nc2ccccc2-c2ccc(OC)cc2)c2ccccc2c1=O. The normalized spacial score (nSPS) is 10.7. The molecular weight excluding hydrogens is 378 g/mol. The van der Waals surface area contributed by atoms with E-state index in [4.69, 9.17) is 4.74 Å². The van der Waals surface area contributed by atoms with Crippen molar-refractivity contribution >= 4 is 22.4 Å². The number of para-hydroxylation sites is 1. The minimum atomic E-state index is -0.366. The molecule has 0 aliphatic heterocycles. The molecule has 0 spiro atoms. The fourth-order valence-corrected chi connectivity index (χ4v) is 3.41. The largest absolute Gasteiger partial charge is 0.497 e. The molecule has 0 bridgehead atoms. The van der Waals surface area contributed by atoms with Gasteiger partial charge in [-0.15, -0.1) is 0 Å². The molecule has 0 fully saturated rings. The van der Waals surface area contributed by atoms with Crippen molar-refractivity contribution in [2.75, 3.05) is 12.4 Å². The first-order valence-corrected chi connectivity index (χ1v) is 9.67. The van der Waals surface area contributed by atoms with Crippen LogP contribution in [0.3, 0.4) is 0 Å². The van der Waals surface area contributed by atoms with Crippen molar-refractivity contribution < 1.29 is 9.53 Å². The Balaban J connectivity index is 1.75. The fraction of sp³-hybridized carbons (Fsp3) is 0.125. The molecule has 1 N–H and O–H groups in total. The van der Waals surface area contributed by atoms with Crippen LogP contribution in [0.15, 0.2) is 77.6 Å². The van der Waals surface area contributed by atoms with Crippen LogP contribution in [-0.4, -0.2) is 22.8 Å². The van der Waals surface area contributed by atoms with Crippen molar-refractivity contribution in [3.63, 3.8) is 0 Å². The lowest BCUT2D eigenvalue weighted by molar-refractivity contribution is 0.102. The van der Waals surface area contributed by atoms with E-state index in [-0.39, 0.29) is 17.2 Å². The Morgan fingerprint density at radius 1 is 0.967 bits per heavy atom. The second-order valence-corrected chi connectivity index (χ2v) is 6.74. The van der Waals surface area contributed by atoms with Gasteiger partial charge in [0.2, 0.25) is 0 Å². The highest BCUT2D eigenvalue weighted by molar-refractivity contribution is 6.12. The number of hydrogen-bond donors (Lipinski definition) is 1. The number of fused-ring (bicyclic) bond motifs is 1. The maximum absolute atomic E-state index is 13.2. The number of benzene rings is 3. The third kappa shape index (κ3) is 3.55. The van der Waals surface area contributed by atoms with Crippen molar-refractivity contribution in [1.82, 2.24) is 9.78 Å². The molecule has 0 atom stereocenters. The summed E-state index contributed by atoms with van der Waals surface area (Å²) >= 11 is 0. The highest BCUT2D eigenvalue weighted by Gasteiger charge is 2.17. The molecule has 4 rings (SSSR count). The summed E-state index contributed by atoms with van der Waals surface area (Å²) in [7, 11) is 1.62. The molecule has 6 nitrogen and oxygen atoms in total. The van der Waals surface area contributed by atoms with E-state index in [0.29, 0.717) is 23.0 Å². The molecule has 0 radical (unpaired) electrons. The molecule has 0 saturated carbocycles. The first-order chi connectivity index (χ1) is 14.6. The van der Waals surface area contributed by atoms with E-state index in [1.54, 1.807) is 31.4 Å². The lowest BCUT2D eigenvalue weighted by Crippen LogP contribution is -2.27. The highest BCUT2D eigenvalue weighted by atomic mass is 16.5. The molecule has 30 heavy (non-hydrogen) atoms. The average Bonchev–Trinajstić information content (AvgIpc) is 2.80. The van der Waals surface area contributed by atoms with Crippen LogP contribution in [0.1, 0.15) is 17.4 Å². The topological polar surface area (TPSA) is 73.2 Å². The van der Waals surface area contributed by atoms with Crippen LogP contribution in [0.5, 0.6) is 5.75 Å². The molecule has 1 aromatic heterocycles. The summed E-state index contributed by atoms with van der Waals surface area (Å²) in [5.74, 6) is 0.395. The van der Waals surface area contributed by atoms with Crippen molar-refractivity contribution in [3.05, 3.63) is 88.8 Å². The number of carbonyl (C=O) groups excluding carboxylic acids is 1. The number of amides is 1. The van der Waals surface area contributed by atoms with Gasteiger partial charge in [-0.1, -0.05) is 48.5 Å². The van der Waals surface area contributed by atoms with E-state index in [2.05, 4.69) is 10.4 Å². The summed E-state index contributed by atoms with van der Waals surface area (Å²) in [4.78, 5) is 25.7. The quantitative estimate of drug-likeness (QED) is 0.542. The van der Waals surface area contributed by atoms with E-state index < -0.39 is 0 Å². The van der Waals surface area contributed by atoms with Crippen molar-refractivity contribution in [1.29, 1.82) is 0 Å². The summed E-state index contributed by atoms with van der Waals surface area (Å²) in [6.45, 7) is 2.20. The van der Waals surface area contributed by atoms with Crippen molar-refractivity contribution in [2.45, 2.75) is 13.5 Å². The minimum Gasteiger partial charge on any atom is -0.497 e. The molecule has 0 saturated heterocycles. The maximum Gasteiger partial charge on any atom is 0.276 e. The predicted molar refractivity (Wildman–Crippen MR) is 118 cm³/mol. The summed E-state index contributed by atoms with van der Waals surface area (Å²) in [6, 6.07) is 22.2. The fourth-order valence-electron chi connectivity index (χ4n) is 3.41. The van der Waals surface area contributed by atoms with Crippen molar-refractivity contribution in [3.8, 4) is 16.9 Å². The van der Waals surface area contributed by atoms with Crippen LogP contribution in [-0.2, 0) is 6.54 Å². The second kappa shape index (κ2) is 8.21. The Morgan fingerprint density at radius 3 is 2.33 bits per heavy atom. The van der Waals surface area contributed by atoms with Gasteiger partial charge in [-0.3, -0.25) is 9.59 Å². The lowest BCUT2D eigenvalue weighted by atomic mass is 10.0. The predicted octanol–water partition coefficient (Wildman–Crippen LogP) is 4.34. The number of carbonyl (C=O) groups is 1. The molecule has 150 valence electrons. The molecule has 6 heteroatoms. The highest BCUT2D eigenvalue weighted by Crippen LogP contribution is 2.29. The van der Waals surface area contributed by atoms with Crippen LogP contribution in [0.4, 0.5) is 5.69 Å². The van der Waals surface area contributed by atoms with Gasteiger partial charge in [-0.2, -0.15) is 5.10 Å². The third-order valence-electron chi connectivity index (χ3n) is 4.96. The number of methoxy groups -OCH3 is 1. The number of aryl methyl sites for hydroxylation is 1. The van der Waals surface area contributed by atoms with Crippen LogP contribution in [0.2, 0.25) is 0 Å². The molecule has 4 aromatic rings. The summed E-state index contributed by atoms with van der Waals surface area (Å²) < 4.78 is 6.54. The van der Waals surface area contributed by atoms with E-state index >= 15 is 0 Å². The van der Waals surface area contributed by atoms with Gasteiger partial charge in [0.1, 0.15) is 5.75 Å². The Bertz CT molecular complexity index is 1280. The zero-order valence-electron chi connectivity index (χ0n) is 16.8. The zero-order valence-corrected chi connectivity index (χ0v) is 16.8. The zero-order chi connectivity index (χ0) is 21.1. The smallest absolute Gasteiger partial charge is 0.276 e. The Kier molecular flexibility index (Phi) is 5.30. The van der Waals surface area contributed by atoms with E-state index in [1.807, 2.05) is 55.5 Å². The summed E-state index contributed by atoms with van der Waals surface area (Å²) in [5, 5.41) is 8.29. The van der Waals surface area contributed by atoms with Gasteiger partial charge in [0.05, 0.1) is 12.5 Å². The van der Waals surface area contributed by atoms with Gasteiger partial charge in [0.25, 0.3) is 11.5 Å². The average molecular weight is 399 g/mol. The monoisotopic (exact) mass is 399 g/mol. The van der Waals surface area contributed by atoms with Gasteiger partial charge in [0.15, 0.2) is 5.69 Å². The van der Waals surface area contributed by atoms with Crippen LogP contribution >= 0.6 is 0 Å². The molecule has 1 heterocycles. The first-order valence-electron chi connectivity index (χ1n) is 9.67. The van der Waals surface area contributed by atoms with Gasteiger partial charge in [-0.05, 0) is 36.8 Å². The number of hydrogen-bond acceptors (Lipinski definition) is 4. The third-order valence-corrected chi connectivity index (χ3v) is 4.96. The van der Waals surface area contributed by atoms with Gasteiger partial charge in [0, 0.05) is 23.2 Å². The first kappa shape index (κ1) is 19.4. The van der Waals surface area contributed by atoms with E-state index in [0.717, 1.165) is 16.9 Å². The lowest BCUT2D eigenvalue weighted by Gasteiger charge is -2.13. The number of rotatable bonds is 5. The van der Waals surface area contributed by atoms with E-state index in [1.165, 1.54) is 4.68 Å². The van der Waals surface area contributed by atoms with Gasteiger partial charge in [-0.25, -0.2) is 4.68 Å². The van der Waals surface area contributed by atoms with Crippen LogP contribution in [0.25, 0.3) is 21.9 Å². The van der Waals surface area contributed by atoms with Gasteiger partial charge < -0.3 is 10.1 Å². The second-order valence-electron chi connectivity index (χ2n) is 6.74. The summed E-state index contributed by atoms with van der Waals surface area (Å²) in [6.07, 6.45) is 0. The molecule has 0 unspecified atom stereocenters. The molecule has 0 aliphatic carbocycles. The standard InChI is InChI=1S/C24H21N3O3/c1-3-27-24(29)20-10-5-4-9-19(20)22(26-27)23(28)25-21-11-7-6-8-18(21)16-12-14-17(30-2)15-13-16/h4-15H,3H2,1-2H3,(H,25,28). The molecular formula is C24H21N3O3. The minimum absolute atomic E-state index is 0.205. The number of nitrogens with one attached hydrogen (secondary N) is 1. The molecule has 1 amide bonds. The van der Waals surface area contributed by atoms with Crippen LogP contribution in [0, 0.1) is 0 Å². The number of ether oxygens (including phenoxy) is 1. The Morgan fingerprint density at radius 2 is 1.63 bits per heavy atom. The maximum atomic E-state index is 13.2. The van der Waals surface area contributed by atoms with Crippen molar-refractivity contribution in [2.24, 2.45) is 0 Å². The Hall–Kier alpha value is -3.93. The number of aromatic nitrogens is 2. The van der Waals surface area contributed by atoms with Gasteiger partial charge >= 0.3 is 0 Å². The number of anilines is 1.